The number of imidazole rings is 1. The van der Waals surface area contributed by atoms with E-state index in [2.05, 4.69) is 16.0 Å². The third-order valence-electron chi connectivity index (χ3n) is 2.78. The van der Waals surface area contributed by atoms with E-state index in [9.17, 15) is 5.11 Å². The first-order valence-electron chi connectivity index (χ1n) is 5.07. The van der Waals surface area contributed by atoms with Gasteiger partial charge in [0.05, 0.1) is 17.4 Å². The van der Waals surface area contributed by atoms with Crippen molar-refractivity contribution in [3.8, 4) is 5.88 Å². The van der Waals surface area contributed by atoms with Crippen molar-refractivity contribution in [2.24, 2.45) is 7.05 Å². The molecule has 0 aliphatic heterocycles. The Balaban J connectivity index is 2.64. The topological polar surface area (TPSA) is 50.9 Å². The molecule has 0 saturated carbocycles. The van der Waals surface area contributed by atoms with E-state index < -0.39 is 0 Å². The van der Waals surface area contributed by atoms with E-state index in [1.54, 1.807) is 6.33 Å². The van der Waals surface area contributed by atoms with E-state index in [0.717, 1.165) is 16.4 Å². The largest absolute Gasteiger partial charge is 0.492 e. The maximum Gasteiger partial charge on any atom is 0.240 e. The van der Waals surface area contributed by atoms with Gasteiger partial charge in [0.15, 0.2) is 5.52 Å². The van der Waals surface area contributed by atoms with Gasteiger partial charge in [-0.3, -0.25) is 0 Å². The number of hydrogen-bond acceptors (Lipinski definition) is 3. The molecule has 0 spiro atoms. The lowest BCUT2D eigenvalue weighted by molar-refractivity contribution is 0.461. The summed E-state index contributed by atoms with van der Waals surface area (Å²) in [5, 5.41) is 10.8. The van der Waals surface area contributed by atoms with Crippen LogP contribution in [0.1, 0.15) is 5.56 Å². The zero-order valence-corrected chi connectivity index (χ0v) is 9.10. The van der Waals surface area contributed by atoms with E-state index in [1.165, 1.54) is 5.56 Å². The molecule has 0 amide bonds. The minimum atomic E-state index is -0.00745. The third kappa shape index (κ3) is 1.10. The molecule has 3 rings (SSSR count). The molecular weight excluding hydrogens is 202 g/mol. The summed E-state index contributed by atoms with van der Waals surface area (Å²) in [6.45, 7) is 2.04. The highest BCUT2D eigenvalue weighted by Gasteiger charge is 2.11. The highest BCUT2D eigenvalue weighted by Crippen LogP contribution is 2.28. The van der Waals surface area contributed by atoms with Gasteiger partial charge in [-0.2, -0.15) is 0 Å². The van der Waals surface area contributed by atoms with Crippen LogP contribution in [0.2, 0.25) is 0 Å². The second kappa shape index (κ2) is 2.95. The molecule has 4 heteroatoms. The molecule has 0 aliphatic rings. The predicted molar refractivity (Wildman–Crippen MR) is 62.4 cm³/mol. The van der Waals surface area contributed by atoms with Crippen molar-refractivity contribution in [1.82, 2.24) is 14.5 Å². The number of aromatic hydroxyl groups is 1. The van der Waals surface area contributed by atoms with Crippen molar-refractivity contribution in [3.63, 3.8) is 0 Å². The average Bonchev–Trinajstić information content (AvgIpc) is 2.63. The quantitative estimate of drug-likeness (QED) is 0.622. The molecule has 1 aromatic carbocycles. The summed E-state index contributed by atoms with van der Waals surface area (Å²) < 4.78 is 1.90. The van der Waals surface area contributed by atoms with Crippen LogP contribution in [-0.4, -0.2) is 19.6 Å². The van der Waals surface area contributed by atoms with Crippen molar-refractivity contribution < 1.29 is 5.11 Å². The van der Waals surface area contributed by atoms with Crippen LogP contribution in [0.25, 0.3) is 21.9 Å². The second-order valence-corrected chi connectivity index (χ2v) is 4.01. The molecule has 0 fully saturated rings. The molecule has 0 atom stereocenters. The summed E-state index contributed by atoms with van der Waals surface area (Å²) in [6, 6.07) is 5.96. The van der Waals surface area contributed by atoms with E-state index in [-0.39, 0.29) is 5.88 Å². The Bertz CT molecular complexity index is 700. The first-order valence-corrected chi connectivity index (χ1v) is 5.07. The lowest BCUT2D eigenvalue weighted by Crippen LogP contribution is -1.89. The fourth-order valence-electron chi connectivity index (χ4n) is 2.02. The molecule has 0 saturated heterocycles. The zero-order chi connectivity index (χ0) is 11.3. The highest BCUT2D eigenvalue weighted by molar-refractivity contribution is 6.04. The van der Waals surface area contributed by atoms with Crippen molar-refractivity contribution in [3.05, 3.63) is 30.1 Å². The van der Waals surface area contributed by atoms with E-state index >= 15 is 0 Å². The number of aryl methyl sites for hydroxylation is 2. The van der Waals surface area contributed by atoms with E-state index in [1.807, 2.05) is 30.7 Å². The van der Waals surface area contributed by atoms with E-state index in [0.29, 0.717) is 5.52 Å². The highest BCUT2D eigenvalue weighted by atomic mass is 16.3. The Labute approximate surface area is 92.2 Å². The van der Waals surface area contributed by atoms with Crippen molar-refractivity contribution in [1.29, 1.82) is 0 Å². The van der Waals surface area contributed by atoms with Gasteiger partial charge in [-0.05, 0) is 19.1 Å². The second-order valence-electron chi connectivity index (χ2n) is 4.01. The molecule has 0 unspecified atom stereocenters. The summed E-state index contributed by atoms with van der Waals surface area (Å²) in [5.41, 5.74) is 3.44. The lowest BCUT2D eigenvalue weighted by atomic mass is 10.1. The Morgan fingerprint density at radius 2 is 2.12 bits per heavy atom. The zero-order valence-electron chi connectivity index (χ0n) is 9.10. The summed E-state index contributed by atoms with van der Waals surface area (Å²) in [5.74, 6) is -0.00745. The molecule has 4 nitrogen and oxygen atoms in total. The van der Waals surface area contributed by atoms with Gasteiger partial charge in [0, 0.05) is 12.4 Å². The lowest BCUT2D eigenvalue weighted by Gasteiger charge is -2.03. The number of fused-ring (bicyclic) bond motifs is 3. The average molecular weight is 213 g/mol. The van der Waals surface area contributed by atoms with Crippen molar-refractivity contribution in [2.45, 2.75) is 6.92 Å². The maximum absolute atomic E-state index is 9.76. The fourth-order valence-corrected chi connectivity index (χ4v) is 2.02. The smallest absolute Gasteiger partial charge is 0.240 e. The van der Waals surface area contributed by atoms with Crippen molar-refractivity contribution in [2.75, 3.05) is 0 Å². The first kappa shape index (κ1) is 9.15. The first-order chi connectivity index (χ1) is 7.66. The van der Waals surface area contributed by atoms with Gasteiger partial charge in [-0.15, -0.1) is 0 Å². The molecule has 16 heavy (non-hydrogen) atoms. The van der Waals surface area contributed by atoms with Crippen LogP contribution in [0.4, 0.5) is 0 Å². The van der Waals surface area contributed by atoms with Crippen LogP contribution in [0.15, 0.2) is 24.5 Å². The normalized spacial score (nSPS) is 11.4. The molecule has 1 N–H and O–H groups in total. The number of rotatable bonds is 0. The minimum absolute atomic E-state index is 0.00745. The van der Waals surface area contributed by atoms with Gasteiger partial charge in [0.2, 0.25) is 5.88 Å². The molecule has 0 aliphatic carbocycles. The third-order valence-corrected chi connectivity index (χ3v) is 2.78. The predicted octanol–water partition coefficient (Wildman–Crippen LogP) is 2.14. The van der Waals surface area contributed by atoms with Crippen LogP contribution in [0, 0.1) is 6.92 Å². The number of aromatic nitrogens is 3. The summed E-state index contributed by atoms with van der Waals surface area (Å²) in [7, 11) is 1.91. The summed E-state index contributed by atoms with van der Waals surface area (Å²) in [6.07, 6.45) is 1.69. The molecule has 3 aromatic rings. The number of nitrogens with zero attached hydrogens (tertiary/aromatic N) is 3. The Morgan fingerprint density at radius 3 is 2.94 bits per heavy atom. The van der Waals surface area contributed by atoms with Crippen LogP contribution in [0.3, 0.4) is 0 Å². The van der Waals surface area contributed by atoms with Gasteiger partial charge >= 0.3 is 0 Å². The Kier molecular flexibility index (Phi) is 1.68. The molecule has 80 valence electrons. The Hall–Kier alpha value is -2.10. The molecular formula is C12H11N3O. The number of benzene rings is 1. The number of pyridine rings is 1. The van der Waals surface area contributed by atoms with Gasteiger partial charge < -0.3 is 9.67 Å². The van der Waals surface area contributed by atoms with E-state index in [4.69, 9.17) is 0 Å². The van der Waals surface area contributed by atoms with Gasteiger partial charge in [-0.1, -0.05) is 11.6 Å². The molecule has 0 radical (unpaired) electrons. The van der Waals surface area contributed by atoms with Crippen LogP contribution < -0.4 is 0 Å². The fraction of sp³-hybridized carbons (Fsp3) is 0.167. The molecule has 2 aromatic heterocycles. The molecule has 2 heterocycles. The maximum atomic E-state index is 9.76. The number of hydrogen-bond donors (Lipinski definition) is 1. The van der Waals surface area contributed by atoms with Gasteiger partial charge in [0.1, 0.15) is 0 Å². The van der Waals surface area contributed by atoms with Gasteiger partial charge in [-0.25, -0.2) is 9.97 Å². The minimum Gasteiger partial charge on any atom is -0.492 e. The standard InChI is InChI=1S/C12H11N3O/c1-7-3-4-9-8(5-7)11-10(12(16)14-9)13-6-15(11)2/h3-6H,1-2H3,(H,14,16). The Morgan fingerprint density at radius 1 is 1.31 bits per heavy atom. The van der Waals surface area contributed by atoms with Crippen LogP contribution in [0.5, 0.6) is 5.88 Å². The van der Waals surface area contributed by atoms with Crippen molar-refractivity contribution >= 4 is 21.9 Å². The summed E-state index contributed by atoms with van der Waals surface area (Å²) >= 11 is 0. The van der Waals surface area contributed by atoms with Gasteiger partial charge in [0.25, 0.3) is 0 Å². The molecule has 0 bridgehead atoms. The monoisotopic (exact) mass is 213 g/mol. The van der Waals surface area contributed by atoms with Crippen LogP contribution >= 0.6 is 0 Å². The SMILES string of the molecule is Cc1ccc2nc(O)c3ncn(C)c3c2c1. The van der Waals surface area contributed by atoms with Crippen LogP contribution in [-0.2, 0) is 7.05 Å². The summed E-state index contributed by atoms with van der Waals surface area (Å²) in [4.78, 5) is 8.29.